The van der Waals surface area contributed by atoms with Crippen molar-refractivity contribution >= 4 is 17.6 Å². The molecule has 2 aliphatic heterocycles. The first-order valence-electron chi connectivity index (χ1n) is 12.7. The van der Waals surface area contributed by atoms with E-state index in [0.29, 0.717) is 32.6 Å². The minimum Gasteiger partial charge on any atom is -0.497 e. The van der Waals surface area contributed by atoms with E-state index in [-0.39, 0.29) is 30.5 Å². The molecular weight excluding hydrogens is 458 g/mol. The maximum atomic E-state index is 13.7. The minimum atomic E-state index is -0.390. The third-order valence-electron chi connectivity index (χ3n) is 6.68. The highest BCUT2D eigenvalue weighted by Gasteiger charge is 2.37. The topological polar surface area (TPSA) is 80.7 Å². The van der Waals surface area contributed by atoms with Gasteiger partial charge in [0, 0.05) is 6.42 Å². The standard InChI is InChI=1S/C28H35N3O5/c1-4-35-23-15-11-21(12-16-23)26-18-24(20-9-13-22(34-3)14-10-20)29-31(26)27(32)19-30-17-7-6-8-25(30)28(33)36-5-2/h9-16,25-26H,4-8,17-19H2,1-3H3. The number of methoxy groups -OCH3 is 1. The van der Waals surface area contributed by atoms with Crippen LogP contribution in [0.15, 0.2) is 53.6 Å². The zero-order valence-corrected chi connectivity index (χ0v) is 21.3. The highest BCUT2D eigenvalue weighted by Crippen LogP contribution is 2.34. The van der Waals surface area contributed by atoms with Crippen molar-refractivity contribution in [3.05, 3.63) is 59.7 Å². The van der Waals surface area contributed by atoms with Gasteiger partial charge >= 0.3 is 5.97 Å². The number of hydrogen-bond donors (Lipinski definition) is 0. The first kappa shape index (κ1) is 25.7. The van der Waals surface area contributed by atoms with Gasteiger partial charge in [0.1, 0.15) is 17.5 Å². The van der Waals surface area contributed by atoms with Crippen molar-refractivity contribution < 1.29 is 23.8 Å². The Bertz CT molecular complexity index is 1070. The third-order valence-corrected chi connectivity index (χ3v) is 6.68. The maximum absolute atomic E-state index is 13.7. The number of esters is 1. The number of benzene rings is 2. The average molecular weight is 494 g/mol. The summed E-state index contributed by atoms with van der Waals surface area (Å²) in [6, 6.07) is 14.9. The molecule has 2 unspecified atom stereocenters. The summed E-state index contributed by atoms with van der Waals surface area (Å²) in [5.41, 5.74) is 2.77. The van der Waals surface area contributed by atoms with Crippen molar-refractivity contribution in [3.8, 4) is 11.5 Å². The summed E-state index contributed by atoms with van der Waals surface area (Å²) in [5.74, 6) is 1.17. The fourth-order valence-electron chi connectivity index (χ4n) is 4.84. The number of nitrogens with zero attached hydrogens (tertiary/aromatic N) is 3. The van der Waals surface area contributed by atoms with Gasteiger partial charge < -0.3 is 14.2 Å². The number of amides is 1. The predicted molar refractivity (Wildman–Crippen MR) is 137 cm³/mol. The lowest BCUT2D eigenvalue weighted by Crippen LogP contribution is -2.49. The SMILES string of the molecule is CCOC(=O)C1CCCCN1CC(=O)N1N=C(c2ccc(OC)cc2)CC1c1ccc(OCC)cc1. The number of carbonyl (C=O) groups excluding carboxylic acids is 2. The Hall–Kier alpha value is -3.39. The Morgan fingerprint density at radius 2 is 1.69 bits per heavy atom. The van der Waals surface area contributed by atoms with E-state index < -0.39 is 0 Å². The number of piperidine rings is 1. The van der Waals surface area contributed by atoms with Gasteiger partial charge in [-0.3, -0.25) is 14.5 Å². The largest absolute Gasteiger partial charge is 0.497 e. The van der Waals surface area contributed by atoms with Gasteiger partial charge in [0.05, 0.1) is 38.6 Å². The Balaban J connectivity index is 1.58. The number of hydrogen-bond acceptors (Lipinski definition) is 7. The molecule has 1 fully saturated rings. The van der Waals surface area contributed by atoms with E-state index in [1.165, 1.54) is 0 Å². The zero-order valence-electron chi connectivity index (χ0n) is 21.3. The molecule has 0 saturated carbocycles. The highest BCUT2D eigenvalue weighted by molar-refractivity contribution is 6.03. The predicted octanol–water partition coefficient (Wildman–Crippen LogP) is 4.19. The molecule has 8 heteroatoms. The molecule has 0 aromatic heterocycles. The van der Waals surface area contributed by atoms with Crippen LogP contribution in [0, 0.1) is 0 Å². The second kappa shape index (κ2) is 12.0. The summed E-state index contributed by atoms with van der Waals surface area (Å²) in [4.78, 5) is 28.1. The number of rotatable bonds is 9. The molecule has 0 aliphatic carbocycles. The fourth-order valence-corrected chi connectivity index (χ4v) is 4.84. The number of carbonyl (C=O) groups is 2. The molecule has 2 atom stereocenters. The second-order valence-corrected chi connectivity index (χ2v) is 8.97. The molecule has 0 bridgehead atoms. The molecule has 8 nitrogen and oxygen atoms in total. The van der Waals surface area contributed by atoms with E-state index in [4.69, 9.17) is 19.3 Å². The summed E-state index contributed by atoms with van der Waals surface area (Å²) in [7, 11) is 1.63. The molecule has 0 radical (unpaired) electrons. The summed E-state index contributed by atoms with van der Waals surface area (Å²) < 4.78 is 16.2. The average Bonchev–Trinajstić information content (AvgIpc) is 3.35. The molecule has 2 aromatic rings. The van der Waals surface area contributed by atoms with E-state index in [9.17, 15) is 9.59 Å². The fraction of sp³-hybridized carbons (Fsp3) is 0.464. The molecule has 2 heterocycles. The van der Waals surface area contributed by atoms with Crippen LogP contribution in [0.1, 0.15) is 56.7 Å². The van der Waals surface area contributed by atoms with Gasteiger partial charge in [-0.05, 0) is 80.8 Å². The van der Waals surface area contributed by atoms with Gasteiger partial charge in [0.25, 0.3) is 5.91 Å². The van der Waals surface area contributed by atoms with E-state index in [1.807, 2.05) is 60.4 Å². The molecule has 2 aromatic carbocycles. The van der Waals surface area contributed by atoms with Gasteiger partial charge in [0.15, 0.2) is 0 Å². The monoisotopic (exact) mass is 493 g/mol. The van der Waals surface area contributed by atoms with Gasteiger partial charge in [-0.25, -0.2) is 5.01 Å². The molecular formula is C28H35N3O5. The second-order valence-electron chi connectivity index (χ2n) is 8.97. The Morgan fingerprint density at radius 1 is 0.972 bits per heavy atom. The quantitative estimate of drug-likeness (QED) is 0.488. The molecule has 1 saturated heterocycles. The van der Waals surface area contributed by atoms with Crippen molar-refractivity contribution in [3.63, 3.8) is 0 Å². The van der Waals surface area contributed by atoms with Crippen molar-refractivity contribution in [1.82, 2.24) is 9.91 Å². The minimum absolute atomic E-state index is 0.121. The molecule has 4 rings (SSSR count). The van der Waals surface area contributed by atoms with Crippen LogP contribution in [-0.2, 0) is 14.3 Å². The van der Waals surface area contributed by atoms with Crippen LogP contribution >= 0.6 is 0 Å². The van der Waals surface area contributed by atoms with Crippen molar-refractivity contribution in [2.45, 2.75) is 51.6 Å². The molecule has 36 heavy (non-hydrogen) atoms. The van der Waals surface area contributed by atoms with Gasteiger partial charge in [-0.1, -0.05) is 18.6 Å². The Kier molecular flexibility index (Phi) is 8.59. The van der Waals surface area contributed by atoms with Crippen LogP contribution in [0.4, 0.5) is 0 Å². The highest BCUT2D eigenvalue weighted by atomic mass is 16.5. The van der Waals surface area contributed by atoms with E-state index >= 15 is 0 Å². The van der Waals surface area contributed by atoms with E-state index in [1.54, 1.807) is 19.0 Å². The lowest BCUT2D eigenvalue weighted by Gasteiger charge is -2.34. The number of likely N-dealkylation sites (tertiary alicyclic amines) is 1. The van der Waals surface area contributed by atoms with Crippen molar-refractivity contribution in [2.24, 2.45) is 5.10 Å². The van der Waals surface area contributed by atoms with E-state index in [2.05, 4.69) is 0 Å². The van der Waals surface area contributed by atoms with Crippen LogP contribution in [0.5, 0.6) is 11.5 Å². The Morgan fingerprint density at radius 3 is 2.36 bits per heavy atom. The zero-order chi connectivity index (χ0) is 25.5. The van der Waals surface area contributed by atoms with Crippen LogP contribution in [-0.4, -0.2) is 67.0 Å². The maximum Gasteiger partial charge on any atom is 0.323 e. The summed E-state index contributed by atoms with van der Waals surface area (Å²) >= 11 is 0. The molecule has 2 aliphatic rings. The normalized spacial score (nSPS) is 20.1. The smallest absolute Gasteiger partial charge is 0.323 e. The lowest BCUT2D eigenvalue weighted by atomic mass is 9.98. The summed E-state index contributed by atoms with van der Waals surface area (Å²) in [5, 5.41) is 6.38. The number of hydrazone groups is 1. The first-order chi connectivity index (χ1) is 17.5. The number of ether oxygens (including phenoxy) is 3. The summed E-state index contributed by atoms with van der Waals surface area (Å²) in [6.07, 6.45) is 3.19. The first-order valence-corrected chi connectivity index (χ1v) is 12.7. The van der Waals surface area contributed by atoms with Gasteiger partial charge in [-0.15, -0.1) is 0 Å². The van der Waals surface area contributed by atoms with Gasteiger partial charge in [0.2, 0.25) is 0 Å². The van der Waals surface area contributed by atoms with Crippen LogP contribution < -0.4 is 9.47 Å². The van der Waals surface area contributed by atoms with Crippen molar-refractivity contribution in [1.29, 1.82) is 0 Å². The van der Waals surface area contributed by atoms with Crippen LogP contribution in [0.2, 0.25) is 0 Å². The van der Waals surface area contributed by atoms with E-state index in [0.717, 1.165) is 41.2 Å². The molecule has 192 valence electrons. The van der Waals surface area contributed by atoms with Crippen molar-refractivity contribution in [2.75, 3.05) is 33.4 Å². The van der Waals surface area contributed by atoms with Crippen LogP contribution in [0.25, 0.3) is 0 Å². The third kappa shape index (κ3) is 5.87. The molecule has 0 N–H and O–H groups in total. The van der Waals surface area contributed by atoms with Crippen LogP contribution in [0.3, 0.4) is 0 Å². The van der Waals surface area contributed by atoms with Gasteiger partial charge in [-0.2, -0.15) is 5.10 Å². The summed E-state index contributed by atoms with van der Waals surface area (Å²) in [6.45, 7) is 5.48. The molecule has 0 spiro atoms. The lowest BCUT2D eigenvalue weighted by molar-refractivity contribution is -0.152. The Labute approximate surface area is 212 Å². The molecule has 1 amide bonds.